The molecule has 0 atom stereocenters. The SMILES string of the molecule is O=C(O)c1cc(F)c(C2OCCO2)c(F)c1. The Morgan fingerprint density at radius 2 is 1.75 bits per heavy atom. The molecule has 1 N–H and O–H groups in total. The zero-order valence-corrected chi connectivity index (χ0v) is 8.07. The van der Waals surface area contributed by atoms with Crippen LogP contribution < -0.4 is 0 Å². The first-order valence-corrected chi connectivity index (χ1v) is 4.55. The highest BCUT2D eigenvalue weighted by molar-refractivity contribution is 5.87. The van der Waals surface area contributed by atoms with E-state index in [1.54, 1.807) is 0 Å². The summed E-state index contributed by atoms with van der Waals surface area (Å²) >= 11 is 0. The van der Waals surface area contributed by atoms with Gasteiger partial charge in [0.05, 0.1) is 24.3 Å². The van der Waals surface area contributed by atoms with Gasteiger partial charge in [0, 0.05) is 0 Å². The van der Waals surface area contributed by atoms with Crippen LogP contribution in [0.3, 0.4) is 0 Å². The van der Waals surface area contributed by atoms with Crippen molar-refractivity contribution in [2.24, 2.45) is 0 Å². The second-order valence-corrected chi connectivity index (χ2v) is 3.23. The molecule has 0 aromatic heterocycles. The zero-order valence-electron chi connectivity index (χ0n) is 8.07. The molecule has 16 heavy (non-hydrogen) atoms. The Kier molecular flexibility index (Phi) is 2.84. The van der Waals surface area contributed by atoms with Gasteiger partial charge in [-0.25, -0.2) is 13.6 Å². The number of benzene rings is 1. The lowest BCUT2D eigenvalue weighted by Crippen LogP contribution is -2.08. The van der Waals surface area contributed by atoms with Crippen molar-refractivity contribution in [2.45, 2.75) is 6.29 Å². The van der Waals surface area contributed by atoms with Crippen LogP contribution in [-0.4, -0.2) is 24.3 Å². The molecule has 1 fully saturated rings. The molecular formula is C10H8F2O4. The predicted molar refractivity (Wildman–Crippen MR) is 48.0 cm³/mol. The standard InChI is InChI=1S/C10H8F2O4/c11-6-3-5(9(13)14)4-7(12)8(6)10-15-1-2-16-10/h3-4,10H,1-2H2,(H,13,14). The van der Waals surface area contributed by atoms with E-state index in [1.165, 1.54) is 0 Å². The van der Waals surface area contributed by atoms with E-state index < -0.39 is 29.5 Å². The van der Waals surface area contributed by atoms with Gasteiger partial charge in [0.2, 0.25) is 0 Å². The minimum atomic E-state index is -1.39. The molecule has 1 aliphatic heterocycles. The van der Waals surface area contributed by atoms with E-state index in [2.05, 4.69) is 0 Å². The van der Waals surface area contributed by atoms with Crippen molar-refractivity contribution in [3.63, 3.8) is 0 Å². The third-order valence-electron chi connectivity index (χ3n) is 2.18. The number of hydrogen-bond acceptors (Lipinski definition) is 3. The van der Waals surface area contributed by atoms with Crippen molar-refractivity contribution in [1.29, 1.82) is 0 Å². The van der Waals surface area contributed by atoms with E-state index in [-0.39, 0.29) is 18.8 Å². The number of ether oxygens (including phenoxy) is 2. The van der Waals surface area contributed by atoms with Gasteiger partial charge in [0.25, 0.3) is 0 Å². The van der Waals surface area contributed by atoms with Crippen molar-refractivity contribution in [2.75, 3.05) is 13.2 Å². The molecule has 0 unspecified atom stereocenters. The van der Waals surface area contributed by atoms with Crippen LogP contribution in [0.5, 0.6) is 0 Å². The number of carbonyl (C=O) groups is 1. The Morgan fingerprint density at radius 1 is 1.25 bits per heavy atom. The summed E-state index contributed by atoms with van der Waals surface area (Å²) in [6, 6.07) is 1.48. The average Bonchev–Trinajstić information content (AvgIpc) is 2.69. The Balaban J connectivity index is 2.42. The number of rotatable bonds is 2. The van der Waals surface area contributed by atoms with Gasteiger partial charge in [-0.15, -0.1) is 0 Å². The van der Waals surface area contributed by atoms with Crippen LogP contribution in [0.15, 0.2) is 12.1 Å². The van der Waals surface area contributed by atoms with Gasteiger partial charge in [-0.3, -0.25) is 0 Å². The maximum Gasteiger partial charge on any atom is 0.335 e. The lowest BCUT2D eigenvalue weighted by Gasteiger charge is -2.11. The fourth-order valence-electron chi connectivity index (χ4n) is 1.46. The quantitative estimate of drug-likeness (QED) is 0.840. The molecule has 6 heteroatoms. The van der Waals surface area contributed by atoms with E-state index in [0.717, 1.165) is 12.1 Å². The van der Waals surface area contributed by atoms with Crippen molar-refractivity contribution >= 4 is 5.97 Å². The maximum absolute atomic E-state index is 13.5. The van der Waals surface area contributed by atoms with E-state index in [9.17, 15) is 13.6 Å². The molecule has 1 aromatic carbocycles. The average molecular weight is 230 g/mol. The number of carboxylic acid groups (broad SMARTS) is 1. The number of aromatic carboxylic acids is 1. The van der Waals surface area contributed by atoms with Crippen LogP contribution in [0.1, 0.15) is 22.2 Å². The van der Waals surface area contributed by atoms with Crippen molar-refractivity contribution in [1.82, 2.24) is 0 Å². The molecule has 0 spiro atoms. The summed E-state index contributed by atoms with van der Waals surface area (Å²) in [6.07, 6.45) is -1.09. The Hall–Kier alpha value is -1.53. The van der Waals surface area contributed by atoms with Crippen LogP contribution in [0.25, 0.3) is 0 Å². The smallest absolute Gasteiger partial charge is 0.335 e. The third kappa shape index (κ3) is 1.89. The first-order chi connectivity index (χ1) is 7.59. The molecule has 86 valence electrons. The van der Waals surface area contributed by atoms with E-state index in [4.69, 9.17) is 14.6 Å². The van der Waals surface area contributed by atoms with E-state index >= 15 is 0 Å². The highest BCUT2D eigenvalue weighted by atomic mass is 19.1. The van der Waals surface area contributed by atoms with Gasteiger partial charge < -0.3 is 14.6 Å². The van der Waals surface area contributed by atoms with Crippen LogP contribution in [0.4, 0.5) is 8.78 Å². The van der Waals surface area contributed by atoms with Crippen molar-refractivity contribution in [3.8, 4) is 0 Å². The summed E-state index contributed by atoms with van der Waals surface area (Å²) in [5.74, 6) is -3.36. The fourth-order valence-corrected chi connectivity index (χ4v) is 1.46. The zero-order chi connectivity index (χ0) is 11.7. The Morgan fingerprint density at radius 3 is 2.19 bits per heavy atom. The molecule has 2 rings (SSSR count). The first kappa shape index (κ1) is 11.0. The van der Waals surface area contributed by atoms with Gasteiger partial charge in [-0.1, -0.05) is 0 Å². The van der Waals surface area contributed by atoms with Crippen LogP contribution in [-0.2, 0) is 9.47 Å². The number of halogens is 2. The second-order valence-electron chi connectivity index (χ2n) is 3.23. The lowest BCUT2D eigenvalue weighted by molar-refractivity contribution is -0.0489. The van der Waals surface area contributed by atoms with Crippen LogP contribution in [0.2, 0.25) is 0 Å². The maximum atomic E-state index is 13.5. The summed E-state index contributed by atoms with van der Waals surface area (Å²) in [5.41, 5.74) is -0.834. The minimum Gasteiger partial charge on any atom is -0.478 e. The predicted octanol–water partition coefficient (Wildman–Crippen LogP) is 1.71. The normalized spacial score (nSPS) is 16.6. The molecule has 1 heterocycles. The molecular weight excluding hydrogens is 222 g/mol. The number of carboxylic acids is 1. The summed E-state index contributed by atoms with van der Waals surface area (Å²) < 4.78 is 36.8. The molecule has 1 saturated heterocycles. The highest BCUT2D eigenvalue weighted by Crippen LogP contribution is 2.28. The third-order valence-corrected chi connectivity index (χ3v) is 2.18. The van der Waals surface area contributed by atoms with Gasteiger partial charge in [-0.2, -0.15) is 0 Å². The largest absolute Gasteiger partial charge is 0.478 e. The molecule has 0 amide bonds. The monoisotopic (exact) mass is 230 g/mol. The molecule has 1 aromatic rings. The Bertz CT molecular complexity index is 404. The van der Waals surface area contributed by atoms with Crippen molar-refractivity contribution < 1.29 is 28.2 Å². The first-order valence-electron chi connectivity index (χ1n) is 4.55. The van der Waals surface area contributed by atoms with Crippen molar-refractivity contribution in [3.05, 3.63) is 34.9 Å². The van der Waals surface area contributed by atoms with Gasteiger partial charge in [-0.05, 0) is 12.1 Å². The van der Waals surface area contributed by atoms with Crippen LogP contribution in [0, 0.1) is 11.6 Å². The van der Waals surface area contributed by atoms with E-state index in [1.807, 2.05) is 0 Å². The highest BCUT2D eigenvalue weighted by Gasteiger charge is 2.26. The fraction of sp³-hybridized carbons (Fsp3) is 0.300. The summed E-state index contributed by atoms with van der Waals surface area (Å²) in [7, 11) is 0. The lowest BCUT2D eigenvalue weighted by atomic mass is 10.1. The number of hydrogen-bond donors (Lipinski definition) is 1. The van der Waals surface area contributed by atoms with Gasteiger partial charge in [0.1, 0.15) is 11.6 Å². The summed E-state index contributed by atoms with van der Waals surface area (Å²) in [6.45, 7) is 0.508. The molecule has 0 aliphatic carbocycles. The molecule has 0 radical (unpaired) electrons. The van der Waals surface area contributed by atoms with Gasteiger partial charge in [0.15, 0.2) is 6.29 Å². The van der Waals surface area contributed by atoms with Gasteiger partial charge >= 0.3 is 5.97 Å². The summed E-state index contributed by atoms with van der Waals surface area (Å²) in [4.78, 5) is 10.5. The molecule has 0 bridgehead atoms. The molecule has 4 nitrogen and oxygen atoms in total. The second kappa shape index (κ2) is 4.15. The molecule has 0 saturated carbocycles. The topological polar surface area (TPSA) is 55.8 Å². The summed E-state index contributed by atoms with van der Waals surface area (Å²) in [5, 5.41) is 8.59. The van der Waals surface area contributed by atoms with Crippen LogP contribution >= 0.6 is 0 Å². The molecule has 1 aliphatic rings. The minimum absolute atomic E-state index is 0.254. The van der Waals surface area contributed by atoms with E-state index in [0.29, 0.717) is 0 Å². The Labute approximate surface area is 89.4 Å².